The lowest BCUT2D eigenvalue weighted by molar-refractivity contribution is 0.432. The highest BCUT2D eigenvalue weighted by Crippen LogP contribution is 2.46. The van der Waals surface area contributed by atoms with Crippen molar-refractivity contribution in [1.29, 1.82) is 0 Å². The Hall–Kier alpha value is -5.42. The number of hydrogen-bond acceptors (Lipinski definition) is 7. The molecular weight excluding hydrogens is 739 g/mol. The standard InChI is InChI=1S/C45H37N5O2S3/c51-55(52,38-22-11-4-12-23-38)49-40-25-14-13-24-39(40)43(33-26-28-34(29-27-33)44-53-30-15-31-54-44)41(49)32-42-46-47-48-50(42)45(35-16-5-1-6-17-35,36-18-7-2-8-19-36)37-20-9-3-10-21-37/h1-14,16-29,44H,15,30-32H2. The quantitative estimate of drug-likeness (QED) is 0.128. The normalized spacial score (nSPS) is 14.0. The van der Waals surface area contributed by atoms with Crippen molar-refractivity contribution in [3.63, 3.8) is 0 Å². The first-order chi connectivity index (χ1) is 27.1. The summed E-state index contributed by atoms with van der Waals surface area (Å²) in [5, 5.41) is 14.7. The van der Waals surface area contributed by atoms with Crippen molar-refractivity contribution in [2.24, 2.45) is 0 Å². The number of tetrazole rings is 1. The van der Waals surface area contributed by atoms with Crippen molar-refractivity contribution in [3.8, 4) is 11.1 Å². The van der Waals surface area contributed by atoms with E-state index >= 15 is 0 Å². The van der Waals surface area contributed by atoms with Gasteiger partial charge in [0, 0.05) is 10.9 Å². The fourth-order valence-corrected chi connectivity index (χ4v) is 12.3. The lowest BCUT2D eigenvalue weighted by Gasteiger charge is -2.36. The van der Waals surface area contributed by atoms with Gasteiger partial charge < -0.3 is 0 Å². The predicted octanol–water partition coefficient (Wildman–Crippen LogP) is 9.83. The van der Waals surface area contributed by atoms with Crippen molar-refractivity contribution < 1.29 is 8.42 Å². The first kappa shape index (κ1) is 35.3. The largest absolute Gasteiger partial charge is 0.268 e. The monoisotopic (exact) mass is 775 g/mol. The molecule has 0 amide bonds. The zero-order valence-corrected chi connectivity index (χ0v) is 32.3. The number of aromatic nitrogens is 5. The van der Waals surface area contributed by atoms with E-state index in [-0.39, 0.29) is 11.3 Å². The highest BCUT2D eigenvalue weighted by molar-refractivity contribution is 8.16. The highest BCUT2D eigenvalue weighted by Gasteiger charge is 2.42. The van der Waals surface area contributed by atoms with Crippen molar-refractivity contribution in [2.45, 2.75) is 27.9 Å². The van der Waals surface area contributed by atoms with Crippen LogP contribution in [0.5, 0.6) is 0 Å². The van der Waals surface area contributed by atoms with Crippen LogP contribution in [0.4, 0.5) is 0 Å². The molecule has 0 bridgehead atoms. The summed E-state index contributed by atoms with van der Waals surface area (Å²) in [6, 6.07) is 55.8. The minimum atomic E-state index is -4.08. The lowest BCUT2D eigenvalue weighted by Crippen LogP contribution is -2.40. The van der Waals surface area contributed by atoms with Gasteiger partial charge in [-0.05, 0) is 74.4 Å². The summed E-state index contributed by atoms with van der Waals surface area (Å²) in [5.41, 5.74) is 6.12. The Balaban J connectivity index is 1.31. The van der Waals surface area contributed by atoms with Crippen molar-refractivity contribution in [3.05, 3.63) is 204 Å². The second-order valence-electron chi connectivity index (χ2n) is 13.5. The highest BCUT2D eigenvalue weighted by atomic mass is 32.2. The Morgan fingerprint density at radius 1 is 0.636 bits per heavy atom. The first-order valence-electron chi connectivity index (χ1n) is 18.3. The molecule has 1 saturated heterocycles. The molecule has 272 valence electrons. The maximum Gasteiger partial charge on any atom is 0.268 e. The number of hydrogen-bond donors (Lipinski definition) is 0. The summed E-state index contributed by atoms with van der Waals surface area (Å²) >= 11 is 3.97. The molecule has 1 fully saturated rings. The number of para-hydroxylation sites is 1. The number of fused-ring (bicyclic) bond motifs is 1. The van der Waals surface area contributed by atoms with Crippen LogP contribution in [0, 0.1) is 0 Å². The molecule has 0 spiro atoms. The molecule has 9 rings (SSSR count). The predicted molar refractivity (Wildman–Crippen MR) is 224 cm³/mol. The maximum absolute atomic E-state index is 14.9. The molecule has 0 atom stereocenters. The van der Waals surface area contributed by atoms with Crippen LogP contribution >= 0.6 is 23.5 Å². The Labute approximate surface area is 329 Å². The van der Waals surface area contributed by atoms with E-state index in [2.05, 4.69) is 65.9 Å². The van der Waals surface area contributed by atoms with Gasteiger partial charge in [-0.3, -0.25) is 0 Å². The Morgan fingerprint density at radius 2 is 1.16 bits per heavy atom. The van der Waals surface area contributed by atoms with Gasteiger partial charge in [-0.15, -0.1) is 28.6 Å². The molecule has 0 aliphatic carbocycles. The smallest absolute Gasteiger partial charge is 0.237 e. The van der Waals surface area contributed by atoms with E-state index in [1.807, 2.05) is 113 Å². The summed E-state index contributed by atoms with van der Waals surface area (Å²) in [7, 11) is -4.08. The molecule has 0 unspecified atom stereocenters. The molecular formula is C45H37N5O2S3. The number of rotatable bonds is 10. The zero-order chi connectivity index (χ0) is 37.2. The summed E-state index contributed by atoms with van der Waals surface area (Å²) in [5.74, 6) is 2.82. The van der Waals surface area contributed by atoms with Crippen LogP contribution in [0.3, 0.4) is 0 Å². The van der Waals surface area contributed by atoms with Gasteiger partial charge >= 0.3 is 0 Å². The molecule has 0 saturated carbocycles. The molecule has 1 aliphatic rings. The number of nitrogens with zero attached hydrogens (tertiary/aromatic N) is 5. The molecule has 3 heterocycles. The molecule has 8 aromatic rings. The van der Waals surface area contributed by atoms with Gasteiger partial charge in [-0.25, -0.2) is 17.1 Å². The summed E-state index contributed by atoms with van der Waals surface area (Å²) < 4.78 is 33.7. The van der Waals surface area contributed by atoms with E-state index in [0.717, 1.165) is 44.7 Å². The molecule has 0 radical (unpaired) electrons. The summed E-state index contributed by atoms with van der Waals surface area (Å²) in [6.07, 6.45) is 1.34. The van der Waals surface area contributed by atoms with Crippen molar-refractivity contribution >= 4 is 44.4 Å². The second kappa shape index (κ2) is 15.0. The van der Waals surface area contributed by atoms with Crippen LogP contribution in [0.1, 0.15) is 44.8 Å². The number of benzene rings is 6. The van der Waals surface area contributed by atoms with E-state index in [9.17, 15) is 8.42 Å². The average molecular weight is 776 g/mol. The fourth-order valence-electron chi connectivity index (χ4n) is 7.84. The van der Waals surface area contributed by atoms with Gasteiger partial charge in [0.1, 0.15) is 5.54 Å². The van der Waals surface area contributed by atoms with Crippen LogP contribution in [0.15, 0.2) is 175 Å². The van der Waals surface area contributed by atoms with Crippen LogP contribution in [0.2, 0.25) is 0 Å². The van der Waals surface area contributed by atoms with Gasteiger partial charge in [0.05, 0.1) is 27.1 Å². The van der Waals surface area contributed by atoms with Crippen LogP contribution in [0.25, 0.3) is 22.0 Å². The fraction of sp³-hybridized carbons (Fsp3) is 0.133. The summed E-state index contributed by atoms with van der Waals surface area (Å²) in [4.78, 5) is 0.206. The van der Waals surface area contributed by atoms with E-state index in [1.54, 1.807) is 24.3 Å². The lowest BCUT2D eigenvalue weighted by atomic mass is 9.77. The SMILES string of the molecule is O=S(=O)(c1ccccc1)n1c(Cc2nnnn2C(c2ccccc2)(c2ccccc2)c2ccccc2)c(-c2ccc(C3SCCCS3)cc2)c2ccccc21. The Bertz CT molecular complexity index is 2560. The Kier molecular flexibility index (Phi) is 9.64. The second-order valence-corrected chi connectivity index (χ2v) is 18.0. The van der Waals surface area contributed by atoms with E-state index < -0.39 is 15.6 Å². The van der Waals surface area contributed by atoms with E-state index in [0.29, 0.717) is 21.6 Å². The van der Waals surface area contributed by atoms with Gasteiger partial charge in [0.25, 0.3) is 10.0 Å². The van der Waals surface area contributed by atoms with Crippen LogP contribution in [-0.2, 0) is 22.0 Å². The van der Waals surface area contributed by atoms with Gasteiger partial charge in [0.15, 0.2) is 5.82 Å². The topological polar surface area (TPSA) is 82.7 Å². The van der Waals surface area contributed by atoms with E-state index in [1.165, 1.54) is 16.0 Å². The molecule has 6 aromatic carbocycles. The van der Waals surface area contributed by atoms with Gasteiger partial charge in [-0.1, -0.05) is 152 Å². The molecule has 2 aromatic heterocycles. The average Bonchev–Trinajstić information content (AvgIpc) is 3.86. The van der Waals surface area contributed by atoms with Crippen LogP contribution in [-0.4, -0.2) is 44.1 Å². The molecule has 55 heavy (non-hydrogen) atoms. The third-order valence-electron chi connectivity index (χ3n) is 10.3. The third kappa shape index (κ3) is 6.28. The number of thioether (sulfide) groups is 2. The minimum absolute atomic E-state index is 0.118. The first-order valence-corrected chi connectivity index (χ1v) is 21.8. The molecule has 7 nitrogen and oxygen atoms in total. The van der Waals surface area contributed by atoms with Gasteiger partial charge in [0.2, 0.25) is 0 Å². The van der Waals surface area contributed by atoms with Crippen molar-refractivity contribution in [2.75, 3.05) is 11.5 Å². The van der Waals surface area contributed by atoms with Crippen LogP contribution < -0.4 is 0 Å². The minimum Gasteiger partial charge on any atom is -0.237 e. The summed E-state index contributed by atoms with van der Waals surface area (Å²) in [6.45, 7) is 0. The molecule has 0 N–H and O–H groups in total. The third-order valence-corrected chi connectivity index (χ3v) is 15.0. The molecule has 1 aliphatic heterocycles. The van der Waals surface area contributed by atoms with Crippen molar-refractivity contribution in [1.82, 2.24) is 24.2 Å². The van der Waals surface area contributed by atoms with E-state index in [4.69, 9.17) is 10.3 Å². The zero-order valence-electron chi connectivity index (χ0n) is 29.8. The maximum atomic E-state index is 14.9. The molecule has 10 heteroatoms. The Morgan fingerprint density at radius 3 is 1.75 bits per heavy atom. The van der Waals surface area contributed by atoms with Gasteiger partial charge in [-0.2, -0.15) is 0 Å².